The lowest BCUT2D eigenvalue weighted by atomic mass is 10.4. The normalized spacial score (nSPS) is 15.8. The monoisotopic (exact) mass is 427 g/mol. The van der Waals surface area contributed by atoms with Crippen LogP contribution in [0.1, 0.15) is 0 Å². The van der Waals surface area contributed by atoms with E-state index >= 15 is 0 Å². The van der Waals surface area contributed by atoms with E-state index in [9.17, 15) is 0 Å². The van der Waals surface area contributed by atoms with Crippen LogP contribution in [0, 0.1) is 0 Å². The highest BCUT2D eigenvalue weighted by Crippen LogP contribution is 2.55. The Hall–Kier alpha value is 0.478. The van der Waals surface area contributed by atoms with Crippen LogP contribution in [0.15, 0.2) is 30.3 Å². The highest BCUT2D eigenvalue weighted by atomic mass is 31.1. The van der Waals surface area contributed by atoms with Gasteiger partial charge in [-0.1, -0.05) is 109 Å². The van der Waals surface area contributed by atoms with E-state index in [0.29, 0.717) is 0 Å². The van der Waals surface area contributed by atoms with Crippen molar-refractivity contribution in [2.45, 2.75) is 83.5 Å². The van der Waals surface area contributed by atoms with Gasteiger partial charge in [0, 0.05) is 0 Å². The van der Waals surface area contributed by atoms with Crippen LogP contribution in [0.3, 0.4) is 0 Å². The van der Waals surface area contributed by atoms with E-state index in [1.54, 1.807) is 5.30 Å². The highest BCUT2D eigenvalue weighted by molar-refractivity contribution is 7.73. The first-order valence-corrected chi connectivity index (χ1v) is 25.0. The van der Waals surface area contributed by atoms with Crippen LogP contribution in [0.5, 0.6) is 0 Å². The molecule has 1 unspecified atom stereocenters. The third-order valence-corrected chi connectivity index (χ3v) is 32.2. The minimum atomic E-state index is -1.42. The van der Waals surface area contributed by atoms with Gasteiger partial charge >= 0.3 is 0 Å². The Balaban J connectivity index is 3.75. The van der Waals surface area contributed by atoms with Crippen molar-refractivity contribution in [1.82, 2.24) is 4.00 Å². The molecule has 0 spiro atoms. The molecule has 0 aliphatic carbocycles. The van der Waals surface area contributed by atoms with Gasteiger partial charge in [0.1, 0.15) is 16.5 Å². The first-order chi connectivity index (χ1) is 11.0. The highest BCUT2D eigenvalue weighted by Gasteiger charge is 2.50. The van der Waals surface area contributed by atoms with E-state index in [2.05, 4.69) is 113 Å². The summed E-state index contributed by atoms with van der Waals surface area (Å²) in [6, 6.07) is 11.6. The second-order valence-corrected chi connectivity index (χ2v) is 36.5. The summed E-state index contributed by atoms with van der Waals surface area (Å²) in [7, 11) is -5.68. The van der Waals surface area contributed by atoms with Gasteiger partial charge in [0.05, 0.1) is 16.1 Å². The van der Waals surface area contributed by atoms with Crippen molar-refractivity contribution in [2.24, 2.45) is 0 Å². The maximum absolute atomic E-state index is 3.16. The zero-order valence-electron chi connectivity index (χ0n) is 18.9. The molecule has 0 fully saturated rings. The van der Waals surface area contributed by atoms with Gasteiger partial charge in [-0.15, -0.1) is 0 Å². The Morgan fingerprint density at radius 2 is 1.00 bits per heavy atom. The molecule has 25 heavy (non-hydrogen) atoms. The molecule has 0 radical (unpaired) electrons. The minimum absolute atomic E-state index is 0.255. The third kappa shape index (κ3) is 6.25. The third-order valence-electron chi connectivity index (χ3n) is 4.39. The summed E-state index contributed by atoms with van der Waals surface area (Å²) in [6.45, 7) is 31.2. The largest absolute Gasteiger partial charge is 0.321 e. The van der Waals surface area contributed by atoms with Gasteiger partial charge < -0.3 is 4.00 Å². The van der Waals surface area contributed by atoms with Crippen LogP contribution in [0.2, 0.25) is 78.6 Å². The molecule has 1 aromatic carbocycles. The van der Waals surface area contributed by atoms with Crippen LogP contribution in [-0.4, -0.2) is 41.5 Å². The van der Waals surface area contributed by atoms with E-state index in [-0.39, 0.29) is 8.07 Å². The van der Waals surface area contributed by atoms with Crippen molar-refractivity contribution in [3.63, 3.8) is 0 Å². The molecular weight excluding hydrogens is 386 g/mol. The Morgan fingerprint density at radius 3 is 1.28 bits per heavy atom. The van der Waals surface area contributed by atoms with Gasteiger partial charge in [-0.2, -0.15) is 0 Å². The predicted molar refractivity (Wildman–Crippen MR) is 132 cm³/mol. The minimum Gasteiger partial charge on any atom is -0.321 e. The van der Waals surface area contributed by atoms with Crippen molar-refractivity contribution in [3.8, 4) is 0 Å². The molecule has 0 saturated carbocycles. The molecule has 0 N–H and O–H groups in total. The fourth-order valence-corrected chi connectivity index (χ4v) is 39.7. The molecule has 144 valence electrons. The summed E-state index contributed by atoms with van der Waals surface area (Å²) in [6.07, 6.45) is 0. The van der Waals surface area contributed by atoms with Crippen LogP contribution < -0.4 is 5.30 Å². The van der Waals surface area contributed by atoms with Gasteiger partial charge in [0.2, 0.25) is 0 Å². The van der Waals surface area contributed by atoms with E-state index in [0.717, 1.165) is 4.91 Å². The molecule has 0 aromatic heterocycles. The fraction of sp³-hybridized carbons (Fsp3) is 0.684. The van der Waals surface area contributed by atoms with Crippen molar-refractivity contribution in [3.05, 3.63) is 30.3 Å². The molecule has 0 saturated heterocycles. The van der Waals surface area contributed by atoms with Gasteiger partial charge in [0.15, 0.2) is 0 Å². The number of rotatable bonds is 7. The maximum Gasteiger partial charge on any atom is 0.116 e. The molecule has 0 aliphatic rings. The standard InChI is InChI=1S/C19H42NPSi4/c1-22(2,3)19(23(4,5)6)21(18-16-14-13-15-17-18)20(24(7,8)9)25(10,11)12/h13-17,19H,1-12H3. The van der Waals surface area contributed by atoms with Gasteiger partial charge in [-0.05, 0) is 18.3 Å². The smallest absolute Gasteiger partial charge is 0.116 e. The number of benzene rings is 1. The Bertz CT molecular complexity index is 490. The SMILES string of the molecule is C[Si](C)(C)C(P(c1ccccc1)N([Si](C)(C)C)[Si](C)(C)C)[Si](C)(C)C. The number of hydrogen-bond donors (Lipinski definition) is 0. The van der Waals surface area contributed by atoms with E-state index < -0.39 is 32.6 Å². The van der Waals surface area contributed by atoms with Gasteiger partial charge in [-0.25, -0.2) is 0 Å². The van der Waals surface area contributed by atoms with Crippen molar-refractivity contribution in [2.75, 3.05) is 0 Å². The summed E-state index contributed by atoms with van der Waals surface area (Å²) in [5.41, 5.74) is 0. The molecular formula is C19H42NPSi4. The fourth-order valence-electron chi connectivity index (χ4n) is 4.65. The molecule has 1 nitrogen and oxygen atoms in total. The molecule has 0 aliphatic heterocycles. The molecule has 0 heterocycles. The van der Waals surface area contributed by atoms with Crippen LogP contribution in [0.25, 0.3) is 0 Å². The Labute approximate surface area is 163 Å². The van der Waals surface area contributed by atoms with Crippen LogP contribution >= 0.6 is 8.07 Å². The number of nitrogens with zero attached hydrogens (tertiary/aromatic N) is 1. The molecule has 0 bridgehead atoms. The lowest BCUT2D eigenvalue weighted by Crippen LogP contribution is -2.63. The Kier molecular flexibility index (Phi) is 7.38. The first kappa shape index (κ1) is 23.5. The maximum atomic E-state index is 3.16. The van der Waals surface area contributed by atoms with Crippen LogP contribution in [-0.2, 0) is 0 Å². The van der Waals surface area contributed by atoms with Crippen molar-refractivity contribution in [1.29, 1.82) is 0 Å². The lowest BCUT2D eigenvalue weighted by molar-refractivity contribution is 0.970. The summed E-state index contributed by atoms with van der Waals surface area (Å²) in [4.78, 5) is 0.927. The zero-order chi connectivity index (χ0) is 19.8. The van der Waals surface area contributed by atoms with E-state index in [4.69, 9.17) is 0 Å². The zero-order valence-corrected chi connectivity index (χ0v) is 23.8. The molecule has 6 heteroatoms. The lowest BCUT2D eigenvalue weighted by Gasteiger charge is -2.56. The predicted octanol–water partition coefficient (Wildman–Crippen LogP) is 6.80. The van der Waals surface area contributed by atoms with Gasteiger partial charge in [0.25, 0.3) is 0 Å². The summed E-state index contributed by atoms with van der Waals surface area (Å²) in [5, 5.41) is 1.64. The summed E-state index contributed by atoms with van der Waals surface area (Å²) < 4.78 is 3.16. The average Bonchev–Trinajstić information content (AvgIpc) is 2.32. The second kappa shape index (κ2) is 7.84. The molecule has 0 amide bonds. The first-order valence-electron chi connectivity index (χ1n) is 9.62. The Morgan fingerprint density at radius 1 is 0.640 bits per heavy atom. The quantitative estimate of drug-likeness (QED) is 0.341. The van der Waals surface area contributed by atoms with Gasteiger partial charge in [-0.3, -0.25) is 0 Å². The van der Waals surface area contributed by atoms with E-state index in [1.165, 1.54) is 0 Å². The molecule has 1 atom stereocenters. The number of hydrogen-bond acceptors (Lipinski definition) is 1. The van der Waals surface area contributed by atoms with Crippen LogP contribution in [0.4, 0.5) is 0 Å². The second-order valence-electron chi connectivity index (χ2n) is 11.5. The van der Waals surface area contributed by atoms with E-state index in [1.807, 2.05) is 0 Å². The average molecular weight is 428 g/mol. The van der Waals surface area contributed by atoms with Crippen molar-refractivity contribution >= 4 is 46.0 Å². The molecule has 1 rings (SSSR count). The molecule has 1 aromatic rings. The summed E-state index contributed by atoms with van der Waals surface area (Å²) in [5.74, 6) is 0. The topological polar surface area (TPSA) is 3.24 Å². The van der Waals surface area contributed by atoms with Crippen molar-refractivity contribution < 1.29 is 0 Å². The summed E-state index contributed by atoms with van der Waals surface area (Å²) >= 11 is 0.